The standard InChI is InChI=1S/C31H38N2O10/c1-15(2)7-8-17-13-18(9-11-21(17)34)28(37)33-20-14-40-25-16(3)22(12-10-19(25)23(20)35)41-29-24(36)26(42-30(32)38)27(39-6)31(4,5)43-29/h7,9-13,24,26-27,29,34-36H,8,14H2,1-6H3,(H2,32,38)(H,33,37)/t24-,26+,27-,29-/m1/s1. The van der Waals surface area contributed by atoms with Crippen molar-refractivity contribution < 1.29 is 48.6 Å². The minimum atomic E-state index is -1.45. The van der Waals surface area contributed by atoms with Gasteiger partial charge in [0.15, 0.2) is 12.2 Å². The molecule has 2 aromatic carbocycles. The van der Waals surface area contributed by atoms with Crippen LogP contribution in [0.15, 0.2) is 47.7 Å². The van der Waals surface area contributed by atoms with E-state index >= 15 is 0 Å². The number of primary amides is 1. The van der Waals surface area contributed by atoms with E-state index in [2.05, 4.69) is 5.32 Å². The lowest BCUT2D eigenvalue weighted by molar-refractivity contribution is -0.304. The van der Waals surface area contributed by atoms with Crippen molar-refractivity contribution in [2.45, 2.75) is 71.2 Å². The zero-order valence-corrected chi connectivity index (χ0v) is 25.0. The summed E-state index contributed by atoms with van der Waals surface area (Å²) in [4.78, 5) is 24.5. The smallest absolute Gasteiger partial charge is 0.404 e. The molecule has 2 amide bonds. The first-order chi connectivity index (χ1) is 20.2. The number of ether oxygens (including phenoxy) is 5. The summed E-state index contributed by atoms with van der Waals surface area (Å²) in [5.41, 5.74) is 7.15. The number of aliphatic hydroxyl groups is 2. The predicted octanol–water partition coefficient (Wildman–Crippen LogP) is 3.61. The number of carbonyl (C=O) groups excluding carboxylic acids is 2. The minimum Gasteiger partial charge on any atom is -0.508 e. The fourth-order valence-electron chi connectivity index (χ4n) is 5.13. The summed E-state index contributed by atoms with van der Waals surface area (Å²) >= 11 is 0. The van der Waals surface area contributed by atoms with E-state index in [0.717, 1.165) is 5.57 Å². The van der Waals surface area contributed by atoms with E-state index < -0.39 is 42.2 Å². The van der Waals surface area contributed by atoms with Crippen LogP contribution in [-0.4, -0.2) is 71.2 Å². The van der Waals surface area contributed by atoms with Crippen LogP contribution in [0, 0.1) is 6.92 Å². The molecule has 4 atom stereocenters. The number of nitrogens with two attached hydrogens (primary N) is 1. The van der Waals surface area contributed by atoms with E-state index in [9.17, 15) is 24.9 Å². The van der Waals surface area contributed by atoms with E-state index in [-0.39, 0.29) is 29.6 Å². The van der Waals surface area contributed by atoms with Crippen LogP contribution in [0.2, 0.25) is 0 Å². The fraction of sp³-hybridized carbons (Fsp3) is 0.419. The number of fused-ring (bicyclic) bond motifs is 1. The number of hydrogen-bond acceptors (Lipinski definition) is 10. The molecule has 1 fully saturated rings. The third-order valence-corrected chi connectivity index (χ3v) is 7.36. The maximum absolute atomic E-state index is 13.0. The van der Waals surface area contributed by atoms with Gasteiger partial charge in [-0.2, -0.15) is 0 Å². The molecule has 12 nitrogen and oxygen atoms in total. The van der Waals surface area contributed by atoms with Crippen molar-refractivity contribution in [2.24, 2.45) is 5.73 Å². The van der Waals surface area contributed by atoms with Gasteiger partial charge in [0.05, 0.1) is 16.9 Å². The third kappa shape index (κ3) is 6.71. The van der Waals surface area contributed by atoms with Crippen LogP contribution in [0.4, 0.5) is 4.79 Å². The molecule has 4 rings (SSSR count). The second-order valence-electron chi connectivity index (χ2n) is 11.2. The van der Waals surface area contributed by atoms with E-state index in [0.29, 0.717) is 34.4 Å². The quantitative estimate of drug-likeness (QED) is 0.282. The number of phenolic OH excluding ortho intramolecular Hbond substituents is 1. The molecule has 6 N–H and O–H groups in total. The molecule has 2 heterocycles. The Hall–Kier alpha value is -4.26. The summed E-state index contributed by atoms with van der Waals surface area (Å²) in [6.45, 7) is 8.85. The van der Waals surface area contributed by atoms with Crippen molar-refractivity contribution in [3.63, 3.8) is 0 Å². The second-order valence-corrected chi connectivity index (χ2v) is 11.2. The summed E-state index contributed by atoms with van der Waals surface area (Å²) in [5, 5.41) is 34.9. The highest BCUT2D eigenvalue weighted by molar-refractivity contribution is 5.96. The van der Waals surface area contributed by atoms with Gasteiger partial charge >= 0.3 is 6.09 Å². The van der Waals surface area contributed by atoms with Crippen LogP contribution < -0.4 is 20.5 Å². The molecule has 0 bridgehead atoms. The molecule has 12 heteroatoms. The summed E-state index contributed by atoms with van der Waals surface area (Å²) in [7, 11) is 1.40. The Balaban J connectivity index is 1.55. The zero-order valence-electron chi connectivity index (χ0n) is 25.0. The van der Waals surface area contributed by atoms with Crippen LogP contribution in [-0.2, 0) is 20.6 Å². The molecule has 2 aliphatic rings. The van der Waals surface area contributed by atoms with Crippen molar-refractivity contribution in [1.82, 2.24) is 5.32 Å². The second kappa shape index (κ2) is 12.5. The summed E-state index contributed by atoms with van der Waals surface area (Å²) in [5.74, 6) is 0.0211. The van der Waals surface area contributed by atoms with Crippen LogP contribution in [0.25, 0.3) is 5.76 Å². The van der Waals surface area contributed by atoms with E-state index in [1.165, 1.54) is 19.2 Å². The fourth-order valence-corrected chi connectivity index (χ4v) is 5.13. The molecule has 43 heavy (non-hydrogen) atoms. The summed E-state index contributed by atoms with van der Waals surface area (Å²) in [6.07, 6.45) is -3.38. The number of phenols is 1. The Morgan fingerprint density at radius 1 is 1.19 bits per heavy atom. The monoisotopic (exact) mass is 598 g/mol. The number of carbonyl (C=O) groups is 2. The summed E-state index contributed by atoms with van der Waals surface area (Å²) < 4.78 is 28.5. The van der Waals surface area contributed by atoms with Crippen LogP contribution in [0.5, 0.6) is 17.2 Å². The number of allylic oxidation sites excluding steroid dienone is 2. The largest absolute Gasteiger partial charge is 0.508 e. The first-order valence-electron chi connectivity index (χ1n) is 13.7. The van der Waals surface area contributed by atoms with E-state index in [1.807, 2.05) is 19.9 Å². The maximum atomic E-state index is 13.0. The highest BCUT2D eigenvalue weighted by Crippen LogP contribution is 2.40. The minimum absolute atomic E-state index is 0.0867. The topological polar surface area (TPSA) is 179 Å². The van der Waals surface area contributed by atoms with Crippen LogP contribution in [0.3, 0.4) is 0 Å². The normalized spacial score (nSPS) is 22.6. The lowest BCUT2D eigenvalue weighted by atomic mass is 9.89. The number of rotatable bonds is 8. The molecule has 232 valence electrons. The Labute approximate surface area is 249 Å². The molecule has 0 spiro atoms. The average molecular weight is 599 g/mol. The number of hydrogen-bond donors (Lipinski definition) is 5. The number of amides is 2. The van der Waals surface area contributed by atoms with Crippen molar-refractivity contribution in [3.8, 4) is 17.2 Å². The van der Waals surface area contributed by atoms with Gasteiger partial charge in [-0.05, 0) is 76.9 Å². The molecule has 0 aromatic heterocycles. The molecule has 1 saturated heterocycles. The molecule has 0 aliphatic carbocycles. The van der Waals surface area contributed by atoms with Gasteiger partial charge < -0.3 is 50.1 Å². The Morgan fingerprint density at radius 2 is 1.91 bits per heavy atom. The SMILES string of the molecule is CO[C@@H]1[C@@H](OC(N)=O)[C@@H](O)[C@H](Oc2ccc3c(c2C)OCC(NC(=O)c2ccc(O)c(CC=C(C)C)c2)=C3O)OC1(C)C. The van der Waals surface area contributed by atoms with Gasteiger partial charge in [0.1, 0.15) is 35.7 Å². The highest BCUT2D eigenvalue weighted by Gasteiger charge is 2.53. The van der Waals surface area contributed by atoms with Gasteiger partial charge in [-0.3, -0.25) is 4.79 Å². The molecule has 2 aliphatic heterocycles. The van der Waals surface area contributed by atoms with Crippen molar-refractivity contribution in [3.05, 3.63) is 69.9 Å². The van der Waals surface area contributed by atoms with Crippen molar-refractivity contribution in [1.29, 1.82) is 0 Å². The third-order valence-electron chi connectivity index (χ3n) is 7.36. The molecule has 0 saturated carbocycles. The van der Waals surface area contributed by atoms with Crippen molar-refractivity contribution in [2.75, 3.05) is 13.7 Å². The number of methoxy groups -OCH3 is 1. The Morgan fingerprint density at radius 3 is 2.56 bits per heavy atom. The van der Waals surface area contributed by atoms with Gasteiger partial charge in [-0.1, -0.05) is 11.6 Å². The maximum Gasteiger partial charge on any atom is 0.404 e. The molecule has 0 unspecified atom stereocenters. The van der Waals surface area contributed by atoms with Gasteiger partial charge in [0, 0.05) is 18.2 Å². The van der Waals surface area contributed by atoms with Gasteiger partial charge in [-0.25, -0.2) is 4.79 Å². The van der Waals surface area contributed by atoms with Crippen LogP contribution >= 0.6 is 0 Å². The molecule has 0 radical (unpaired) electrons. The lowest BCUT2D eigenvalue weighted by Crippen LogP contribution is -2.65. The lowest BCUT2D eigenvalue weighted by Gasteiger charge is -2.47. The summed E-state index contributed by atoms with van der Waals surface area (Å²) in [6, 6.07) is 7.66. The first kappa shape index (κ1) is 31.7. The zero-order chi connectivity index (χ0) is 31.6. The molecular formula is C31H38N2O10. The van der Waals surface area contributed by atoms with Gasteiger partial charge in [0.25, 0.3) is 5.91 Å². The van der Waals surface area contributed by atoms with Crippen molar-refractivity contribution >= 4 is 17.8 Å². The average Bonchev–Trinajstić information content (AvgIpc) is 2.93. The number of aliphatic hydroxyl groups excluding tert-OH is 2. The van der Waals surface area contributed by atoms with Crippen LogP contribution in [0.1, 0.15) is 54.7 Å². The predicted molar refractivity (Wildman–Crippen MR) is 156 cm³/mol. The highest BCUT2D eigenvalue weighted by atomic mass is 16.7. The molecular weight excluding hydrogens is 560 g/mol. The Kier molecular flexibility index (Phi) is 9.24. The van der Waals surface area contributed by atoms with E-state index in [1.54, 1.807) is 39.0 Å². The van der Waals surface area contributed by atoms with Gasteiger partial charge in [0.2, 0.25) is 6.29 Å². The van der Waals surface area contributed by atoms with E-state index in [4.69, 9.17) is 29.4 Å². The number of benzene rings is 2. The first-order valence-corrected chi connectivity index (χ1v) is 13.7. The molecule has 2 aromatic rings. The Bertz CT molecular complexity index is 1460. The number of aromatic hydroxyl groups is 1. The number of nitrogens with one attached hydrogen (secondary N) is 1. The van der Waals surface area contributed by atoms with Gasteiger partial charge in [-0.15, -0.1) is 0 Å².